The molecule has 0 aliphatic heterocycles. The highest BCUT2D eigenvalue weighted by molar-refractivity contribution is 5.12. The molecule has 0 saturated carbocycles. The molecule has 3 heteroatoms. The van der Waals surface area contributed by atoms with Crippen LogP contribution in [0.1, 0.15) is 59.9 Å². The third-order valence-electron chi connectivity index (χ3n) is 3.33. The second-order valence-corrected chi connectivity index (χ2v) is 7.24. The molecular weight excluding hydrogens is 234 g/mol. The first-order valence-corrected chi connectivity index (χ1v) is 7.47. The van der Waals surface area contributed by atoms with Crippen LogP contribution in [-0.2, 0) is 19.4 Å². The van der Waals surface area contributed by atoms with Gasteiger partial charge in [0.1, 0.15) is 0 Å². The average Bonchev–Trinajstić information content (AvgIpc) is 2.67. The summed E-state index contributed by atoms with van der Waals surface area (Å²) in [6.07, 6.45) is 2.08. The van der Waals surface area contributed by atoms with Gasteiger partial charge in [0.2, 0.25) is 0 Å². The van der Waals surface area contributed by atoms with Crippen molar-refractivity contribution in [1.29, 1.82) is 0 Å². The summed E-state index contributed by atoms with van der Waals surface area (Å²) >= 11 is 0. The SMILES string of the molecule is CCc1cc(CC(C)(C)CNC(C)(C)C)n(CC)n1. The van der Waals surface area contributed by atoms with Crippen LogP contribution in [0, 0.1) is 5.41 Å². The van der Waals surface area contributed by atoms with Crippen LogP contribution in [0.25, 0.3) is 0 Å². The fourth-order valence-electron chi connectivity index (χ4n) is 2.16. The van der Waals surface area contributed by atoms with Crippen LogP contribution in [0.2, 0.25) is 0 Å². The van der Waals surface area contributed by atoms with Crippen LogP contribution in [0.4, 0.5) is 0 Å². The van der Waals surface area contributed by atoms with Crippen LogP contribution in [0.15, 0.2) is 6.07 Å². The summed E-state index contributed by atoms with van der Waals surface area (Å²) in [4.78, 5) is 0. The molecule has 0 aliphatic rings. The van der Waals surface area contributed by atoms with Crippen molar-refractivity contribution in [1.82, 2.24) is 15.1 Å². The summed E-state index contributed by atoms with van der Waals surface area (Å²) in [5.41, 5.74) is 2.98. The maximum absolute atomic E-state index is 4.64. The van der Waals surface area contributed by atoms with Crippen LogP contribution < -0.4 is 5.32 Å². The molecule has 1 aromatic heterocycles. The van der Waals surface area contributed by atoms with Gasteiger partial charge in [-0.1, -0.05) is 20.8 Å². The molecule has 19 heavy (non-hydrogen) atoms. The number of nitrogens with one attached hydrogen (secondary N) is 1. The Bertz CT molecular complexity index is 397. The van der Waals surface area contributed by atoms with Crippen molar-refractivity contribution in [3.63, 3.8) is 0 Å². The largest absolute Gasteiger partial charge is 0.312 e. The molecule has 0 atom stereocenters. The number of rotatable bonds is 6. The van der Waals surface area contributed by atoms with Crippen molar-refractivity contribution < 1.29 is 0 Å². The molecule has 0 aliphatic carbocycles. The molecule has 110 valence electrons. The van der Waals surface area contributed by atoms with E-state index in [9.17, 15) is 0 Å². The van der Waals surface area contributed by atoms with Gasteiger partial charge in [-0.3, -0.25) is 4.68 Å². The van der Waals surface area contributed by atoms with Crippen LogP contribution in [0.5, 0.6) is 0 Å². The third-order valence-corrected chi connectivity index (χ3v) is 3.33. The van der Waals surface area contributed by atoms with Crippen molar-refractivity contribution >= 4 is 0 Å². The van der Waals surface area contributed by atoms with Crippen molar-refractivity contribution in [2.24, 2.45) is 5.41 Å². The molecule has 0 fully saturated rings. The smallest absolute Gasteiger partial charge is 0.0624 e. The van der Waals surface area contributed by atoms with E-state index in [1.807, 2.05) is 0 Å². The van der Waals surface area contributed by atoms with Crippen molar-refractivity contribution in [3.8, 4) is 0 Å². The summed E-state index contributed by atoms with van der Waals surface area (Å²) in [5, 5.41) is 8.25. The second-order valence-electron chi connectivity index (χ2n) is 7.24. The fourth-order valence-corrected chi connectivity index (χ4v) is 2.16. The Morgan fingerprint density at radius 3 is 2.26 bits per heavy atom. The minimum Gasteiger partial charge on any atom is -0.312 e. The van der Waals surface area contributed by atoms with Gasteiger partial charge in [0, 0.05) is 24.3 Å². The Morgan fingerprint density at radius 2 is 1.79 bits per heavy atom. The quantitative estimate of drug-likeness (QED) is 0.854. The van der Waals surface area contributed by atoms with Gasteiger partial charge in [0.05, 0.1) is 5.69 Å². The molecule has 1 rings (SSSR count). The summed E-state index contributed by atoms with van der Waals surface area (Å²) in [7, 11) is 0. The van der Waals surface area contributed by atoms with Gasteiger partial charge < -0.3 is 5.32 Å². The van der Waals surface area contributed by atoms with Crippen molar-refractivity contribution in [2.75, 3.05) is 6.54 Å². The first kappa shape index (κ1) is 16.2. The van der Waals surface area contributed by atoms with Gasteiger partial charge in [0.25, 0.3) is 0 Å². The zero-order valence-electron chi connectivity index (χ0n) is 13.8. The van der Waals surface area contributed by atoms with Gasteiger partial charge in [-0.2, -0.15) is 5.10 Å². The van der Waals surface area contributed by atoms with E-state index in [-0.39, 0.29) is 11.0 Å². The maximum Gasteiger partial charge on any atom is 0.0624 e. The Balaban J connectivity index is 2.74. The summed E-state index contributed by atoms with van der Waals surface area (Å²) < 4.78 is 2.15. The molecule has 1 aromatic rings. The molecule has 0 bridgehead atoms. The molecule has 0 unspecified atom stereocenters. The van der Waals surface area contributed by atoms with Gasteiger partial charge >= 0.3 is 0 Å². The standard InChI is InChI=1S/C16H31N3/c1-8-13-10-14(19(9-2)18-13)11-16(6,7)12-17-15(3,4)5/h10,17H,8-9,11-12H2,1-7H3. The number of hydrogen-bond donors (Lipinski definition) is 1. The molecule has 1 N–H and O–H groups in total. The Labute approximate surface area is 118 Å². The molecule has 0 saturated heterocycles. The summed E-state index contributed by atoms with van der Waals surface area (Å²) in [6.45, 7) is 17.6. The number of aromatic nitrogens is 2. The first-order valence-electron chi connectivity index (χ1n) is 7.47. The first-order chi connectivity index (χ1) is 8.67. The van der Waals surface area contributed by atoms with E-state index >= 15 is 0 Å². The lowest BCUT2D eigenvalue weighted by Gasteiger charge is -2.30. The minimum atomic E-state index is 0.177. The van der Waals surface area contributed by atoms with Crippen LogP contribution in [0.3, 0.4) is 0 Å². The average molecular weight is 265 g/mol. The lowest BCUT2D eigenvalue weighted by molar-refractivity contribution is 0.283. The maximum atomic E-state index is 4.64. The van der Waals surface area contributed by atoms with E-state index in [2.05, 4.69) is 69.6 Å². The zero-order valence-corrected chi connectivity index (χ0v) is 13.8. The van der Waals surface area contributed by atoms with E-state index in [4.69, 9.17) is 0 Å². The highest BCUT2D eigenvalue weighted by Crippen LogP contribution is 2.22. The van der Waals surface area contributed by atoms with E-state index < -0.39 is 0 Å². The van der Waals surface area contributed by atoms with Gasteiger partial charge in [-0.25, -0.2) is 0 Å². The molecule has 0 aromatic carbocycles. The van der Waals surface area contributed by atoms with Crippen LogP contribution >= 0.6 is 0 Å². The molecule has 1 heterocycles. The monoisotopic (exact) mass is 265 g/mol. The van der Waals surface area contributed by atoms with Crippen LogP contribution in [-0.4, -0.2) is 21.9 Å². The Morgan fingerprint density at radius 1 is 1.16 bits per heavy atom. The minimum absolute atomic E-state index is 0.177. The molecule has 3 nitrogen and oxygen atoms in total. The van der Waals surface area contributed by atoms with Gasteiger partial charge in [-0.15, -0.1) is 0 Å². The number of hydrogen-bond acceptors (Lipinski definition) is 2. The lowest BCUT2D eigenvalue weighted by Crippen LogP contribution is -2.42. The molecule has 0 radical (unpaired) electrons. The van der Waals surface area contributed by atoms with Gasteiger partial charge in [-0.05, 0) is 52.0 Å². The predicted molar refractivity (Wildman–Crippen MR) is 82.5 cm³/mol. The number of nitrogens with zero attached hydrogens (tertiary/aromatic N) is 2. The number of aryl methyl sites for hydroxylation is 2. The zero-order chi connectivity index (χ0) is 14.7. The second kappa shape index (κ2) is 6.08. The molecule has 0 amide bonds. The van der Waals surface area contributed by atoms with E-state index in [0.29, 0.717) is 0 Å². The summed E-state index contributed by atoms with van der Waals surface area (Å²) in [6, 6.07) is 2.27. The topological polar surface area (TPSA) is 29.9 Å². The van der Waals surface area contributed by atoms with E-state index in [0.717, 1.165) is 25.9 Å². The molecular formula is C16H31N3. The van der Waals surface area contributed by atoms with Crippen molar-refractivity contribution in [2.45, 2.75) is 73.4 Å². The Hall–Kier alpha value is -0.830. The third kappa shape index (κ3) is 5.35. The fraction of sp³-hybridized carbons (Fsp3) is 0.812. The highest BCUT2D eigenvalue weighted by Gasteiger charge is 2.23. The highest BCUT2D eigenvalue weighted by atomic mass is 15.3. The van der Waals surface area contributed by atoms with Gasteiger partial charge in [0.15, 0.2) is 0 Å². The van der Waals surface area contributed by atoms with E-state index in [1.54, 1.807) is 0 Å². The van der Waals surface area contributed by atoms with E-state index in [1.165, 1.54) is 11.4 Å². The normalized spacial score (nSPS) is 13.0. The molecule has 0 spiro atoms. The Kier molecular flexibility index (Phi) is 5.19. The summed E-state index contributed by atoms with van der Waals surface area (Å²) in [5.74, 6) is 0. The lowest BCUT2D eigenvalue weighted by atomic mass is 9.86. The van der Waals surface area contributed by atoms with Crippen molar-refractivity contribution in [3.05, 3.63) is 17.5 Å². The predicted octanol–water partition coefficient (Wildman–Crippen LogP) is 3.42.